The van der Waals surface area contributed by atoms with Crippen molar-refractivity contribution in [1.29, 1.82) is 0 Å². The number of hydrogen-bond donors (Lipinski definition) is 1. The fourth-order valence-corrected chi connectivity index (χ4v) is 4.09. The molecule has 2 amide bonds. The van der Waals surface area contributed by atoms with Gasteiger partial charge in [0.1, 0.15) is 17.5 Å². The monoisotopic (exact) mass is 438 g/mol. The SMILES string of the molecule is COc1ccc(CN(C(=O)COc2ccc(C)cc2C)C(C)C(=O)NC2CCCC2)cc1. The van der Waals surface area contributed by atoms with Crippen LogP contribution in [-0.2, 0) is 16.1 Å². The van der Waals surface area contributed by atoms with Crippen LogP contribution < -0.4 is 14.8 Å². The van der Waals surface area contributed by atoms with Crippen molar-refractivity contribution < 1.29 is 19.1 Å². The van der Waals surface area contributed by atoms with E-state index < -0.39 is 6.04 Å². The fourth-order valence-electron chi connectivity index (χ4n) is 4.09. The van der Waals surface area contributed by atoms with Gasteiger partial charge in [0.05, 0.1) is 7.11 Å². The molecule has 1 fully saturated rings. The molecule has 0 heterocycles. The van der Waals surface area contributed by atoms with Crippen LogP contribution in [-0.4, -0.2) is 42.5 Å². The molecule has 6 nitrogen and oxygen atoms in total. The van der Waals surface area contributed by atoms with Crippen molar-refractivity contribution in [2.24, 2.45) is 0 Å². The molecule has 1 aliphatic rings. The number of carbonyl (C=O) groups is 2. The molecule has 32 heavy (non-hydrogen) atoms. The lowest BCUT2D eigenvalue weighted by molar-refractivity contribution is -0.142. The maximum Gasteiger partial charge on any atom is 0.261 e. The van der Waals surface area contributed by atoms with Crippen LogP contribution in [0.3, 0.4) is 0 Å². The molecule has 172 valence electrons. The van der Waals surface area contributed by atoms with Crippen LogP contribution in [0.4, 0.5) is 0 Å². The van der Waals surface area contributed by atoms with Crippen LogP contribution in [0.25, 0.3) is 0 Å². The van der Waals surface area contributed by atoms with Crippen LogP contribution in [0.2, 0.25) is 0 Å². The molecule has 6 heteroatoms. The van der Waals surface area contributed by atoms with Gasteiger partial charge in [0.15, 0.2) is 6.61 Å². The molecule has 0 spiro atoms. The third-order valence-corrected chi connectivity index (χ3v) is 6.06. The molecule has 1 unspecified atom stereocenters. The van der Waals surface area contributed by atoms with Gasteiger partial charge in [-0.05, 0) is 62.9 Å². The summed E-state index contributed by atoms with van der Waals surface area (Å²) in [6.07, 6.45) is 4.27. The summed E-state index contributed by atoms with van der Waals surface area (Å²) < 4.78 is 11.1. The standard InChI is InChI=1S/C26H34N2O4/c1-18-9-14-24(19(2)15-18)32-17-25(29)28(16-21-10-12-23(31-4)13-11-21)20(3)26(30)27-22-7-5-6-8-22/h9-15,20,22H,5-8,16-17H2,1-4H3,(H,27,30). The minimum Gasteiger partial charge on any atom is -0.497 e. The predicted molar refractivity (Wildman–Crippen MR) is 125 cm³/mol. The average molecular weight is 439 g/mol. The first-order valence-electron chi connectivity index (χ1n) is 11.3. The van der Waals surface area contributed by atoms with Crippen LogP contribution >= 0.6 is 0 Å². The Kier molecular flexibility index (Phi) is 8.14. The largest absolute Gasteiger partial charge is 0.497 e. The van der Waals surface area contributed by atoms with Gasteiger partial charge in [-0.2, -0.15) is 0 Å². The van der Waals surface area contributed by atoms with E-state index in [-0.39, 0.29) is 24.5 Å². The Bertz CT molecular complexity index is 920. The van der Waals surface area contributed by atoms with Crippen LogP contribution in [0.5, 0.6) is 11.5 Å². The predicted octanol–water partition coefficient (Wildman–Crippen LogP) is 4.17. The first-order chi connectivity index (χ1) is 15.4. The van der Waals surface area contributed by atoms with Gasteiger partial charge in [-0.3, -0.25) is 9.59 Å². The Balaban J connectivity index is 1.72. The number of rotatable bonds is 9. The lowest BCUT2D eigenvalue weighted by Crippen LogP contribution is -2.50. The second-order valence-corrected chi connectivity index (χ2v) is 8.59. The van der Waals surface area contributed by atoms with Crippen molar-refractivity contribution in [3.8, 4) is 11.5 Å². The lowest BCUT2D eigenvalue weighted by atomic mass is 10.1. The van der Waals surface area contributed by atoms with E-state index in [0.717, 1.165) is 48.1 Å². The van der Waals surface area contributed by atoms with Crippen molar-refractivity contribution >= 4 is 11.8 Å². The summed E-state index contributed by atoms with van der Waals surface area (Å²) in [5.41, 5.74) is 3.04. The number of benzene rings is 2. The Morgan fingerprint density at radius 3 is 2.41 bits per heavy atom. The van der Waals surface area contributed by atoms with Crippen LogP contribution in [0.1, 0.15) is 49.3 Å². The molecule has 2 aromatic rings. The molecular formula is C26H34N2O4. The van der Waals surface area contributed by atoms with E-state index >= 15 is 0 Å². The summed E-state index contributed by atoms with van der Waals surface area (Å²) in [4.78, 5) is 27.7. The molecule has 0 saturated heterocycles. The average Bonchev–Trinajstić information content (AvgIpc) is 3.29. The topological polar surface area (TPSA) is 67.9 Å². The van der Waals surface area contributed by atoms with Gasteiger partial charge in [0, 0.05) is 12.6 Å². The molecule has 1 atom stereocenters. The van der Waals surface area contributed by atoms with Crippen molar-refractivity contribution in [3.05, 3.63) is 59.2 Å². The minimum absolute atomic E-state index is 0.120. The van der Waals surface area contributed by atoms with Gasteiger partial charge in [-0.1, -0.05) is 42.7 Å². The smallest absolute Gasteiger partial charge is 0.261 e. The van der Waals surface area contributed by atoms with Gasteiger partial charge >= 0.3 is 0 Å². The highest BCUT2D eigenvalue weighted by Crippen LogP contribution is 2.21. The number of nitrogens with zero attached hydrogens (tertiary/aromatic N) is 1. The normalized spacial score (nSPS) is 14.6. The van der Waals surface area contributed by atoms with Crippen molar-refractivity contribution in [2.75, 3.05) is 13.7 Å². The zero-order valence-corrected chi connectivity index (χ0v) is 19.5. The number of amides is 2. The molecule has 1 aliphatic carbocycles. The highest BCUT2D eigenvalue weighted by Gasteiger charge is 2.28. The Morgan fingerprint density at radius 2 is 1.78 bits per heavy atom. The molecule has 1 saturated carbocycles. The van der Waals surface area contributed by atoms with E-state index in [0.29, 0.717) is 12.3 Å². The molecule has 3 rings (SSSR count). The molecule has 0 radical (unpaired) electrons. The van der Waals surface area contributed by atoms with Gasteiger partial charge in [-0.15, -0.1) is 0 Å². The minimum atomic E-state index is -0.604. The van der Waals surface area contributed by atoms with Gasteiger partial charge in [-0.25, -0.2) is 0 Å². The molecule has 2 aromatic carbocycles. The second kappa shape index (κ2) is 11.0. The first-order valence-corrected chi connectivity index (χ1v) is 11.3. The summed E-state index contributed by atoms with van der Waals surface area (Å²) in [7, 11) is 1.62. The highest BCUT2D eigenvalue weighted by atomic mass is 16.5. The van der Waals surface area contributed by atoms with Crippen molar-refractivity contribution in [1.82, 2.24) is 10.2 Å². The van der Waals surface area contributed by atoms with Gasteiger partial charge in [0.2, 0.25) is 5.91 Å². The zero-order chi connectivity index (χ0) is 23.1. The van der Waals surface area contributed by atoms with E-state index in [9.17, 15) is 9.59 Å². The number of carbonyl (C=O) groups excluding carboxylic acids is 2. The molecular weight excluding hydrogens is 404 g/mol. The third-order valence-electron chi connectivity index (χ3n) is 6.06. The number of hydrogen-bond acceptors (Lipinski definition) is 4. The highest BCUT2D eigenvalue weighted by molar-refractivity contribution is 5.88. The molecule has 1 N–H and O–H groups in total. The summed E-state index contributed by atoms with van der Waals surface area (Å²) in [5.74, 6) is 1.08. The Hall–Kier alpha value is -3.02. The van der Waals surface area contributed by atoms with Gasteiger partial charge < -0.3 is 19.7 Å². The summed E-state index contributed by atoms with van der Waals surface area (Å²) >= 11 is 0. The van der Waals surface area contributed by atoms with Crippen molar-refractivity contribution in [3.63, 3.8) is 0 Å². The molecule has 0 bridgehead atoms. The lowest BCUT2D eigenvalue weighted by Gasteiger charge is -2.29. The first kappa shape index (κ1) is 23.6. The van der Waals surface area contributed by atoms with Crippen LogP contribution in [0.15, 0.2) is 42.5 Å². The summed E-state index contributed by atoms with van der Waals surface area (Å²) in [6.45, 7) is 5.95. The van der Waals surface area contributed by atoms with Crippen molar-refractivity contribution in [2.45, 2.75) is 65.1 Å². The number of methoxy groups -OCH3 is 1. The maximum absolute atomic E-state index is 13.2. The van der Waals surface area contributed by atoms with E-state index in [1.807, 2.05) is 56.3 Å². The number of aryl methyl sites for hydroxylation is 2. The second-order valence-electron chi connectivity index (χ2n) is 8.59. The summed E-state index contributed by atoms with van der Waals surface area (Å²) in [5, 5.41) is 3.11. The Morgan fingerprint density at radius 1 is 1.09 bits per heavy atom. The quantitative estimate of drug-likeness (QED) is 0.638. The zero-order valence-electron chi connectivity index (χ0n) is 19.5. The summed E-state index contributed by atoms with van der Waals surface area (Å²) in [6, 6.07) is 13.0. The molecule has 0 aliphatic heterocycles. The Labute approximate surface area is 190 Å². The number of ether oxygens (including phenoxy) is 2. The van der Waals surface area contributed by atoms with E-state index in [1.165, 1.54) is 0 Å². The fraction of sp³-hybridized carbons (Fsp3) is 0.462. The van der Waals surface area contributed by atoms with Gasteiger partial charge in [0.25, 0.3) is 5.91 Å². The third kappa shape index (κ3) is 6.25. The van der Waals surface area contributed by atoms with E-state index in [1.54, 1.807) is 18.9 Å². The maximum atomic E-state index is 13.2. The number of nitrogens with one attached hydrogen (secondary N) is 1. The molecule has 0 aromatic heterocycles. The van der Waals surface area contributed by atoms with E-state index in [2.05, 4.69) is 5.32 Å². The van der Waals surface area contributed by atoms with E-state index in [4.69, 9.17) is 9.47 Å². The van der Waals surface area contributed by atoms with Crippen LogP contribution in [0, 0.1) is 13.8 Å².